The van der Waals surface area contributed by atoms with Gasteiger partial charge in [-0.3, -0.25) is 4.90 Å². The molecule has 132 valence electrons. The summed E-state index contributed by atoms with van der Waals surface area (Å²) in [7, 11) is 0. The fourth-order valence-electron chi connectivity index (χ4n) is 4.23. The fraction of sp³-hybridized carbons (Fsp3) is 0.579. The van der Waals surface area contributed by atoms with Crippen LogP contribution < -0.4 is 0 Å². The number of aromatic nitrogens is 2. The van der Waals surface area contributed by atoms with E-state index in [0.717, 1.165) is 57.1 Å². The van der Waals surface area contributed by atoms with Crippen molar-refractivity contribution in [3.8, 4) is 11.4 Å². The summed E-state index contributed by atoms with van der Waals surface area (Å²) in [4.78, 5) is 7.09. The zero-order valence-electron chi connectivity index (χ0n) is 14.3. The van der Waals surface area contributed by atoms with E-state index in [2.05, 4.69) is 39.3 Å². The van der Waals surface area contributed by atoms with Gasteiger partial charge in [-0.15, -0.1) is 0 Å². The monoisotopic (exact) mass is 341 g/mol. The number of rotatable bonds is 4. The minimum Gasteiger partial charge on any atom is -0.379 e. The molecule has 1 aromatic carbocycles. The van der Waals surface area contributed by atoms with Crippen molar-refractivity contribution in [2.75, 3.05) is 26.3 Å². The van der Waals surface area contributed by atoms with Gasteiger partial charge in [-0.05, 0) is 30.9 Å². The SMILES string of the molecule is c1cc(CN2CCOCC2)cc(-c2noc([C@H]3C[C@@H]4CC[C@@H]3O4)n2)c1. The summed E-state index contributed by atoms with van der Waals surface area (Å²) in [5.41, 5.74) is 2.29. The van der Waals surface area contributed by atoms with Crippen LogP contribution in [0.2, 0.25) is 0 Å². The molecule has 0 amide bonds. The number of morpholine rings is 1. The maximum absolute atomic E-state index is 5.91. The van der Waals surface area contributed by atoms with Crippen LogP contribution in [0.4, 0.5) is 0 Å². The lowest BCUT2D eigenvalue weighted by molar-refractivity contribution is 0.0342. The highest BCUT2D eigenvalue weighted by molar-refractivity contribution is 5.55. The molecule has 0 spiro atoms. The predicted molar refractivity (Wildman–Crippen MR) is 91.1 cm³/mol. The van der Waals surface area contributed by atoms with Gasteiger partial charge >= 0.3 is 0 Å². The molecule has 2 bridgehead atoms. The molecular weight excluding hydrogens is 318 g/mol. The fourth-order valence-corrected chi connectivity index (χ4v) is 4.23. The molecule has 3 aliphatic heterocycles. The van der Waals surface area contributed by atoms with Crippen LogP contribution in [0.5, 0.6) is 0 Å². The van der Waals surface area contributed by atoms with Crippen molar-refractivity contribution in [2.45, 2.75) is 43.9 Å². The first kappa shape index (κ1) is 15.5. The van der Waals surface area contributed by atoms with E-state index in [-0.39, 0.29) is 12.0 Å². The summed E-state index contributed by atoms with van der Waals surface area (Å²) < 4.78 is 16.9. The number of benzene rings is 1. The van der Waals surface area contributed by atoms with Crippen molar-refractivity contribution < 1.29 is 14.0 Å². The van der Waals surface area contributed by atoms with Gasteiger partial charge in [-0.2, -0.15) is 4.98 Å². The number of nitrogens with zero attached hydrogens (tertiary/aromatic N) is 3. The zero-order chi connectivity index (χ0) is 16.6. The molecule has 6 nitrogen and oxygen atoms in total. The first-order chi connectivity index (χ1) is 12.3. The maximum Gasteiger partial charge on any atom is 0.232 e. The Balaban J connectivity index is 1.32. The summed E-state index contributed by atoms with van der Waals surface area (Å²) in [5, 5.41) is 4.23. The molecular formula is C19H23N3O3. The molecule has 4 heterocycles. The number of fused-ring (bicyclic) bond motifs is 2. The lowest BCUT2D eigenvalue weighted by atomic mass is 9.89. The van der Waals surface area contributed by atoms with Gasteiger partial charge in [0.25, 0.3) is 0 Å². The molecule has 2 aromatic rings. The maximum atomic E-state index is 5.91. The Bertz CT molecular complexity index is 741. The predicted octanol–water partition coefficient (Wildman–Crippen LogP) is 2.60. The van der Waals surface area contributed by atoms with E-state index in [1.807, 2.05) is 0 Å². The van der Waals surface area contributed by atoms with Gasteiger partial charge in [0, 0.05) is 25.2 Å². The molecule has 0 aliphatic carbocycles. The van der Waals surface area contributed by atoms with Gasteiger partial charge in [0.2, 0.25) is 11.7 Å². The molecule has 0 saturated carbocycles. The highest BCUT2D eigenvalue weighted by atomic mass is 16.5. The van der Waals surface area contributed by atoms with Crippen molar-refractivity contribution in [1.82, 2.24) is 15.0 Å². The van der Waals surface area contributed by atoms with Gasteiger partial charge in [0.15, 0.2) is 0 Å². The van der Waals surface area contributed by atoms with E-state index in [1.165, 1.54) is 12.0 Å². The van der Waals surface area contributed by atoms with E-state index in [4.69, 9.17) is 14.0 Å². The van der Waals surface area contributed by atoms with Crippen molar-refractivity contribution in [1.29, 1.82) is 0 Å². The Hall–Kier alpha value is -1.76. The summed E-state index contributed by atoms with van der Waals surface area (Å²) in [6.45, 7) is 4.54. The number of hydrogen-bond donors (Lipinski definition) is 0. The summed E-state index contributed by atoms with van der Waals surface area (Å²) >= 11 is 0. The van der Waals surface area contributed by atoms with Crippen molar-refractivity contribution in [3.05, 3.63) is 35.7 Å². The van der Waals surface area contributed by atoms with Crippen molar-refractivity contribution in [2.24, 2.45) is 0 Å². The van der Waals surface area contributed by atoms with Crippen LogP contribution in [0.1, 0.15) is 36.6 Å². The van der Waals surface area contributed by atoms with Crippen LogP contribution in [-0.4, -0.2) is 53.6 Å². The molecule has 3 atom stereocenters. The Morgan fingerprint density at radius 2 is 2.08 bits per heavy atom. The third-order valence-electron chi connectivity index (χ3n) is 5.56. The second-order valence-corrected chi connectivity index (χ2v) is 7.26. The third-order valence-corrected chi connectivity index (χ3v) is 5.56. The molecule has 6 heteroatoms. The molecule has 3 saturated heterocycles. The van der Waals surface area contributed by atoms with Gasteiger partial charge < -0.3 is 14.0 Å². The minimum absolute atomic E-state index is 0.269. The average Bonchev–Trinajstić information content (AvgIpc) is 3.39. The highest BCUT2D eigenvalue weighted by Crippen LogP contribution is 2.44. The van der Waals surface area contributed by atoms with Crippen LogP contribution >= 0.6 is 0 Å². The highest BCUT2D eigenvalue weighted by Gasteiger charge is 2.44. The molecule has 3 fully saturated rings. The molecule has 0 unspecified atom stereocenters. The van der Waals surface area contributed by atoms with Gasteiger partial charge in [0.05, 0.1) is 31.3 Å². The Labute approximate surface area is 147 Å². The summed E-state index contributed by atoms with van der Waals surface area (Å²) in [5.74, 6) is 1.69. The quantitative estimate of drug-likeness (QED) is 0.852. The second kappa shape index (κ2) is 6.52. The van der Waals surface area contributed by atoms with Crippen molar-refractivity contribution in [3.63, 3.8) is 0 Å². The lowest BCUT2D eigenvalue weighted by Gasteiger charge is -2.26. The van der Waals surface area contributed by atoms with Crippen LogP contribution in [0.3, 0.4) is 0 Å². The summed E-state index contributed by atoms with van der Waals surface area (Å²) in [6, 6.07) is 8.45. The van der Waals surface area contributed by atoms with Crippen LogP contribution in [0.25, 0.3) is 11.4 Å². The normalized spacial score (nSPS) is 29.4. The Morgan fingerprint density at radius 3 is 2.88 bits per heavy atom. The number of ether oxygens (including phenoxy) is 2. The zero-order valence-corrected chi connectivity index (χ0v) is 14.3. The van der Waals surface area contributed by atoms with Gasteiger partial charge in [0.1, 0.15) is 0 Å². The Kier molecular flexibility index (Phi) is 4.04. The largest absolute Gasteiger partial charge is 0.379 e. The van der Waals surface area contributed by atoms with Gasteiger partial charge in [-0.25, -0.2) is 0 Å². The van der Waals surface area contributed by atoms with Crippen LogP contribution in [0, 0.1) is 0 Å². The van der Waals surface area contributed by atoms with E-state index in [0.29, 0.717) is 11.9 Å². The molecule has 0 radical (unpaired) electrons. The Morgan fingerprint density at radius 1 is 1.16 bits per heavy atom. The van der Waals surface area contributed by atoms with E-state index < -0.39 is 0 Å². The van der Waals surface area contributed by atoms with E-state index in [1.54, 1.807) is 0 Å². The molecule has 1 aromatic heterocycles. The third kappa shape index (κ3) is 3.10. The van der Waals surface area contributed by atoms with E-state index >= 15 is 0 Å². The second-order valence-electron chi connectivity index (χ2n) is 7.26. The lowest BCUT2D eigenvalue weighted by Crippen LogP contribution is -2.35. The summed E-state index contributed by atoms with van der Waals surface area (Å²) in [6.07, 6.45) is 3.96. The standard InChI is InChI=1S/C19H23N3O3/c1-2-13(12-22-6-8-23-9-7-22)10-14(3-1)18-20-19(25-21-18)16-11-15-4-5-17(16)24-15/h1-3,10,15-17H,4-9,11-12H2/t15-,16-,17-/m0/s1. The first-order valence-electron chi connectivity index (χ1n) is 9.23. The number of hydrogen-bond acceptors (Lipinski definition) is 6. The average molecular weight is 341 g/mol. The first-order valence-corrected chi connectivity index (χ1v) is 9.23. The van der Waals surface area contributed by atoms with Crippen LogP contribution in [0.15, 0.2) is 28.8 Å². The smallest absolute Gasteiger partial charge is 0.232 e. The van der Waals surface area contributed by atoms with E-state index in [9.17, 15) is 0 Å². The minimum atomic E-state index is 0.269. The van der Waals surface area contributed by atoms with Crippen LogP contribution in [-0.2, 0) is 16.0 Å². The van der Waals surface area contributed by atoms with Gasteiger partial charge in [-0.1, -0.05) is 23.4 Å². The van der Waals surface area contributed by atoms with Crippen molar-refractivity contribution >= 4 is 0 Å². The molecule has 5 rings (SSSR count). The topological polar surface area (TPSA) is 60.6 Å². The molecule has 3 aliphatic rings. The molecule has 0 N–H and O–H groups in total. The molecule has 25 heavy (non-hydrogen) atoms.